The molecule has 0 aromatic heterocycles. The number of carbonyl (C=O) groups excluding carboxylic acids is 2. The number of halogens is 2. The van der Waals surface area contributed by atoms with Gasteiger partial charge in [0.2, 0.25) is 0 Å². The Kier molecular flexibility index (Phi) is 6.71. The second-order valence-electron chi connectivity index (χ2n) is 5.33. The Morgan fingerprint density at radius 2 is 1.84 bits per heavy atom. The molecule has 0 unspecified atom stereocenters. The monoisotopic (exact) mass is 361 g/mol. The standard InChI is InChI=1S/C19H17ClFNO3/c1-22(12-15-4-2-3-5-17(15)21)18(23)13-25-19(24)11-8-14-6-9-16(20)10-7-14/h2-11H,12-13H2,1H3/b11-8+. The molecular formula is C19H17ClFNO3. The minimum atomic E-state index is -0.636. The van der Waals surface area contributed by atoms with E-state index in [1.54, 1.807) is 48.5 Å². The summed E-state index contributed by atoms with van der Waals surface area (Å²) in [6.07, 6.45) is 2.79. The largest absolute Gasteiger partial charge is 0.452 e. The Morgan fingerprint density at radius 1 is 1.16 bits per heavy atom. The lowest BCUT2D eigenvalue weighted by Gasteiger charge is -2.17. The van der Waals surface area contributed by atoms with Crippen LogP contribution in [0.25, 0.3) is 6.08 Å². The van der Waals surface area contributed by atoms with Crippen molar-refractivity contribution in [2.75, 3.05) is 13.7 Å². The highest BCUT2D eigenvalue weighted by molar-refractivity contribution is 6.30. The van der Waals surface area contributed by atoms with Gasteiger partial charge in [0.05, 0.1) is 0 Å². The van der Waals surface area contributed by atoms with Crippen molar-refractivity contribution in [2.45, 2.75) is 6.54 Å². The number of nitrogens with zero attached hydrogens (tertiary/aromatic N) is 1. The molecule has 2 aromatic rings. The van der Waals surface area contributed by atoms with E-state index in [2.05, 4.69) is 0 Å². The van der Waals surface area contributed by atoms with Gasteiger partial charge in [-0.1, -0.05) is 41.9 Å². The summed E-state index contributed by atoms with van der Waals surface area (Å²) in [7, 11) is 1.52. The smallest absolute Gasteiger partial charge is 0.331 e. The first-order valence-electron chi connectivity index (χ1n) is 7.53. The molecule has 0 aliphatic heterocycles. The number of carbonyl (C=O) groups is 2. The molecule has 6 heteroatoms. The normalized spacial score (nSPS) is 10.7. The minimum absolute atomic E-state index is 0.101. The summed E-state index contributed by atoms with van der Waals surface area (Å²) < 4.78 is 18.5. The van der Waals surface area contributed by atoms with Crippen LogP contribution >= 0.6 is 11.6 Å². The van der Waals surface area contributed by atoms with E-state index in [0.29, 0.717) is 10.6 Å². The molecule has 0 saturated carbocycles. The summed E-state index contributed by atoms with van der Waals surface area (Å²) >= 11 is 5.78. The second kappa shape index (κ2) is 8.99. The van der Waals surface area contributed by atoms with Crippen molar-refractivity contribution in [2.24, 2.45) is 0 Å². The highest BCUT2D eigenvalue weighted by Crippen LogP contribution is 2.11. The van der Waals surface area contributed by atoms with Gasteiger partial charge in [0, 0.05) is 30.3 Å². The van der Waals surface area contributed by atoms with E-state index in [9.17, 15) is 14.0 Å². The van der Waals surface area contributed by atoms with Gasteiger partial charge in [0.15, 0.2) is 6.61 Å². The number of esters is 1. The maximum Gasteiger partial charge on any atom is 0.331 e. The molecular weight excluding hydrogens is 345 g/mol. The summed E-state index contributed by atoms with van der Waals surface area (Å²) in [5.41, 5.74) is 1.18. The van der Waals surface area contributed by atoms with Crippen LogP contribution in [-0.2, 0) is 20.9 Å². The van der Waals surface area contributed by atoms with Crippen molar-refractivity contribution in [3.05, 3.63) is 76.6 Å². The van der Waals surface area contributed by atoms with Crippen molar-refractivity contribution in [3.8, 4) is 0 Å². The van der Waals surface area contributed by atoms with Crippen molar-refractivity contribution in [3.63, 3.8) is 0 Å². The predicted octanol–water partition coefficient (Wildman–Crippen LogP) is 3.69. The summed E-state index contributed by atoms with van der Waals surface area (Å²) in [4.78, 5) is 24.9. The molecule has 0 heterocycles. The van der Waals surface area contributed by atoms with E-state index >= 15 is 0 Å². The van der Waals surface area contributed by atoms with Gasteiger partial charge >= 0.3 is 5.97 Å². The van der Waals surface area contributed by atoms with E-state index < -0.39 is 18.5 Å². The number of likely N-dealkylation sites (N-methyl/N-ethyl adjacent to an activating group) is 1. The van der Waals surface area contributed by atoms with Gasteiger partial charge < -0.3 is 9.64 Å². The minimum Gasteiger partial charge on any atom is -0.452 e. The highest BCUT2D eigenvalue weighted by atomic mass is 35.5. The molecule has 2 aromatic carbocycles. The van der Waals surface area contributed by atoms with E-state index in [1.165, 1.54) is 24.1 Å². The Morgan fingerprint density at radius 3 is 2.52 bits per heavy atom. The molecule has 0 aliphatic rings. The molecule has 1 amide bonds. The third-order valence-electron chi connectivity index (χ3n) is 3.41. The number of hydrogen-bond acceptors (Lipinski definition) is 3. The van der Waals surface area contributed by atoms with E-state index in [-0.39, 0.29) is 12.4 Å². The molecule has 0 saturated heterocycles. The molecule has 0 fully saturated rings. The number of hydrogen-bond donors (Lipinski definition) is 0. The average molecular weight is 362 g/mol. The van der Waals surface area contributed by atoms with Crippen LogP contribution in [0, 0.1) is 5.82 Å². The maximum absolute atomic E-state index is 13.6. The molecule has 0 aliphatic carbocycles. The van der Waals surface area contributed by atoms with Crippen molar-refractivity contribution in [1.29, 1.82) is 0 Å². The third-order valence-corrected chi connectivity index (χ3v) is 3.66. The first kappa shape index (κ1) is 18.7. The van der Waals surface area contributed by atoms with Gasteiger partial charge in [-0.25, -0.2) is 9.18 Å². The molecule has 0 spiro atoms. The quantitative estimate of drug-likeness (QED) is 0.582. The molecule has 2 rings (SSSR count). The van der Waals surface area contributed by atoms with E-state index in [0.717, 1.165) is 5.56 Å². The lowest BCUT2D eigenvalue weighted by Crippen LogP contribution is -2.30. The van der Waals surface area contributed by atoms with E-state index in [4.69, 9.17) is 16.3 Å². The van der Waals surface area contributed by atoms with Crippen LogP contribution in [-0.4, -0.2) is 30.4 Å². The molecule has 0 bridgehead atoms. The fourth-order valence-corrected chi connectivity index (χ4v) is 2.13. The molecule has 4 nitrogen and oxygen atoms in total. The summed E-state index contributed by atoms with van der Waals surface area (Å²) in [5, 5.41) is 0.600. The zero-order valence-corrected chi connectivity index (χ0v) is 14.4. The van der Waals surface area contributed by atoms with Crippen LogP contribution in [0.1, 0.15) is 11.1 Å². The topological polar surface area (TPSA) is 46.6 Å². The Bertz CT molecular complexity index is 774. The molecule has 0 atom stereocenters. The second-order valence-corrected chi connectivity index (χ2v) is 5.77. The SMILES string of the molecule is CN(Cc1ccccc1F)C(=O)COC(=O)/C=C/c1ccc(Cl)cc1. The first-order valence-corrected chi connectivity index (χ1v) is 7.91. The summed E-state index contributed by atoms with van der Waals surface area (Å²) in [6, 6.07) is 13.1. The summed E-state index contributed by atoms with van der Waals surface area (Å²) in [5.74, 6) is -1.44. The highest BCUT2D eigenvalue weighted by Gasteiger charge is 2.13. The number of amides is 1. The molecule has 0 N–H and O–H groups in total. The zero-order valence-electron chi connectivity index (χ0n) is 13.6. The van der Waals surface area contributed by atoms with Crippen molar-refractivity contribution < 1.29 is 18.7 Å². The fraction of sp³-hybridized carbons (Fsp3) is 0.158. The average Bonchev–Trinajstić information content (AvgIpc) is 2.61. The van der Waals surface area contributed by atoms with Crippen LogP contribution in [0.5, 0.6) is 0 Å². The Hall–Kier alpha value is -2.66. The molecule has 25 heavy (non-hydrogen) atoms. The number of benzene rings is 2. The molecule has 0 radical (unpaired) electrons. The third kappa shape index (κ3) is 6.04. The van der Waals surface area contributed by atoms with Crippen LogP contribution < -0.4 is 0 Å². The van der Waals surface area contributed by atoms with Gasteiger partial charge in [0.1, 0.15) is 5.82 Å². The predicted molar refractivity (Wildman–Crippen MR) is 94.3 cm³/mol. The van der Waals surface area contributed by atoms with Crippen molar-refractivity contribution >= 4 is 29.6 Å². The van der Waals surface area contributed by atoms with Gasteiger partial charge in [-0.05, 0) is 29.8 Å². The van der Waals surface area contributed by atoms with Crippen molar-refractivity contribution in [1.82, 2.24) is 4.90 Å². The zero-order chi connectivity index (χ0) is 18.2. The summed E-state index contributed by atoms with van der Waals surface area (Å²) in [6.45, 7) is -0.307. The van der Waals surface area contributed by atoms with E-state index in [1.807, 2.05) is 0 Å². The van der Waals surface area contributed by atoms with Gasteiger partial charge in [0.25, 0.3) is 5.91 Å². The Labute approximate surface area is 150 Å². The first-order chi connectivity index (χ1) is 12.0. The fourth-order valence-electron chi connectivity index (χ4n) is 2.00. The lowest BCUT2D eigenvalue weighted by atomic mass is 10.2. The van der Waals surface area contributed by atoms with Crippen LogP contribution in [0.2, 0.25) is 5.02 Å². The van der Waals surface area contributed by atoms with Gasteiger partial charge in [-0.3, -0.25) is 4.79 Å². The lowest BCUT2D eigenvalue weighted by molar-refractivity contribution is -0.147. The van der Waals surface area contributed by atoms with Crippen LogP contribution in [0.4, 0.5) is 4.39 Å². The van der Waals surface area contributed by atoms with Gasteiger partial charge in [-0.2, -0.15) is 0 Å². The van der Waals surface area contributed by atoms with Gasteiger partial charge in [-0.15, -0.1) is 0 Å². The Balaban J connectivity index is 1.81. The molecule has 130 valence electrons. The van der Waals surface area contributed by atoms with Crippen LogP contribution in [0.15, 0.2) is 54.6 Å². The maximum atomic E-state index is 13.6. The van der Waals surface area contributed by atoms with Crippen LogP contribution in [0.3, 0.4) is 0 Å². The number of ether oxygens (including phenoxy) is 1. The number of rotatable bonds is 6.